The minimum absolute atomic E-state index is 0.0371. The zero-order valence-electron chi connectivity index (χ0n) is 16.6. The lowest BCUT2D eigenvalue weighted by Gasteiger charge is -2.39. The molecule has 0 bridgehead atoms. The maximum Gasteiger partial charge on any atom is 0.258 e. The molecule has 4 rings (SSSR count). The molecular formula is C23H22N2O4. The standard InChI is InChI=1S/C23H22N2O4/c1-15-6-7-18(13-16(15)2)24-14-21(26)25(17-8-10-19(28-3)11-9-17)22(23(24)27)20-5-4-12-29-20/h4-13,22H,14H2,1-3H3/t22-/m0/s1. The molecule has 0 spiro atoms. The van der Waals surface area contributed by atoms with E-state index in [2.05, 4.69) is 0 Å². The molecule has 0 N–H and O–H groups in total. The minimum atomic E-state index is -0.874. The van der Waals surface area contributed by atoms with Gasteiger partial charge in [0.05, 0.1) is 13.4 Å². The number of piperazine rings is 1. The van der Waals surface area contributed by atoms with E-state index in [1.54, 1.807) is 43.5 Å². The summed E-state index contributed by atoms with van der Waals surface area (Å²) < 4.78 is 10.8. The topological polar surface area (TPSA) is 63.0 Å². The third-order valence-corrected chi connectivity index (χ3v) is 5.29. The number of carbonyl (C=O) groups is 2. The van der Waals surface area contributed by atoms with Gasteiger partial charge in [0.1, 0.15) is 18.1 Å². The Labute approximate surface area is 169 Å². The van der Waals surface area contributed by atoms with E-state index >= 15 is 0 Å². The van der Waals surface area contributed by atoms with Gasteiger partial charge >= 0.3 is 0 Å². The van der Waals surface area contributed by atoms with E-state index in [0.717, 1.165) is 11.1 Å². The number of furan rings is 1. The maximum absolute atomic E-state index is 13.5. The zero-order valence-corrected chi connectivity index (χ0v) is 16.6. The summed E-state index contributed by atoms with van der Waals surface area (Å²) in [7, 11) is 1.58. The normalized spacial score (nSPS) is 17.0. The molecule has 1 aromatic heterocycles. The Morgan fingerprint density at radius 2 is 1.69 bits per heavy atom. The van der Waals surface area contributed by atoms with Gasteiger partial charge in [0, 0.05) is 11.4 Å². The van der Waals surface area contributed by atoms with Crippen molar-refractivity contribution >= 4 is 23.2 Å². The lowest BCUT2D eigenvalue weighted by molar-refractivity contribution is -0.129. The summed E-state index contributed by atoms with van der Waals surface area (Å²) in [4.78, 5) is 29.7. The van der Waals surface area contributed by atoms with E-state index in [1.807, 2.05) is 32.0 Å². The number of hydrogen-bond acceptors (Lipinski definition) is 4. The Bertz CT molecular complexity index is 1040. The molecule has 0 unspecified atom stereocenters. The third kappa shape index (κ3) is 3.38. The van der Waals surface area contributed by atoms with Gasteiger partial charge in [0.25, 0.3) is 5.91 Å². The number of carbonyl (C=O) groups excluding carboxylic acids is 2. The highest BCUT2D eigenvalue weighted by molar-refractivity contribution is 6.14. The van der Waals surface area contributed by atoms with E-state index in [-0.39, 0.29) is 18.4 Å². The number of anilines is 2. The predicted octanol–water partition coefficient (Wildman–Crippen LogP) is 4.03. The van der Waals surface area contributed by atoms with Gasteiger partial charge in [-0.05, 0) is 73.5 Å². The van der Waals surface area contributed by atoms with Crippen LogP contribution in [0.15, 0.2) is 65.3 Å². The summed E-state index contributed by atoms with van der Waals surface area (Å²) in [5, 5.41) is 0. The molecule has 6 nitrogen and oxygen atoms in total. The first kappa shape index (κ1) is 18.8. The van der Waals surface area contributed by atoms with Crippen LogP contribution in [0.4, 0.5) is 11.4 Å². The molecule has 2 heterocycles. The quantitative estimate of drug-likeness (QED) is 0.675. The second kappa shape index (κ2) is 7.47. The molecule has 1 fully saturated rings. The van der Waals surface area contributed by atoms with Crippen molar-refractivity contribution in [2.75, 3.05) is 23.5 Å². The first-order chi connectivity index (χ1) is 14.0. The van der Waals surface area contributed by atoms with E-state index < -0.39 is 6.04 Å². The lowest BCUT2D eigenvalue weighted by atomic mass is 10.0. The summed E-state index contributed by atoms with van der Waals surface area (Å²) in [6.07, 6.45) is 1.51. The van der Waals surface area contributed by atoms with Crippen LogP contribution in [-0.4, -0.2) is 25.5 Å². The number of ether oxygens (including phenoxy) is 1. The van der Waals surface area contributed by atoms with E-state index in [1.165, 1.54) is 16.1 Å². The van der Waals surface area contributed by atoms with Crippen molar-refractivity contribution in [2.24, 2.45) is 0 Å². The van der Waals surface area contributed by atoms with Crippen molar-refractivity contribution in [1.82, 2.24) is 0 Å². The summed E-state index contributed by atoms with van der Waals surface area (Å²) in [6, 6.07) is 15.4. The Morgan fingerprint density at radius 1 is 0.966 bits per heavy atom. The van der Waals surface area contributed by atoms with Gasteiger partial charge in [0.2, 0.25) is 5.91 Å². The van der Waals surface area contributed by atoms with Crippen LogP contribution >= 0.6 is 0 Å². The fourth-order valence-electron chi connectivity index (χ4n) is 3.54. The van der Waals surface area contributed by atoms with Gasteiger partial charge in [-0.2, -0.15) is 0 Å². The zero-order chi connectivity index (χ0) is 20.5. The number of rotatable bonds is 4. The Morgan fingerprint density at radius 3 is 2.31 bits per heavy atom. The molecule has 29 heavy (non-hydrogen) atoms. The summed E-state index contributed by atoms with van der Waals surface area (Å²) in [5.41, 5.74) is 3.52. The molecule has 0 aliphatic carbocycles. The van der Waals surface area contributed by atoms with Crippen LogP contribution in [0, 0.1) is 13.8 Å². The molecule has 148 valence electrons. The Hall–Kier alpha value is -3.54. The smallest absolute Gasteiger partial charge is 0.258 e. The Kier molecular flexibility index (Phi) is 4.84. The number of aryl methyl sites for hydroxylation is 2. The van der Waals surface area contributed by atoms with Crippen LogP contribution in [0.2, 0.25) is 0 Å². The van der Waals surface area contributed by atoms with Gasteiger partial charge in [-0.3, -0.25) is 14.5 Å². The van der Waals surface area contributed by atoms with Crippen LogP contribution < -0.4 is 14.5 Å². The fraction of sp³-hybridized carbons (Fsp3) is 0.217. The molecule has 3 aromatic rings. The Balaban J connectivity index is 1.77. The van der Waals surface area contributed by atoms with Gasteiger partial charge in [0.15, 0.2) is 6.04 Å². The number of nitrogens with zero attached hydrogens (tertiary/aromatic N) is 2. The van der Waals surface area contributed by atoms with E-state index in [4.69, 9.17) is 9.15 Å². The minimum Gasteiger partial charge on any atom is -0.497 e. The molecular weight excluding hydrogens is 368 g/mol. The van der Waals surface area contributed by atoms with Crippen molar-refractivity contribution < 1.29 is 18.7 Å². The highest BCUT2D eigenvalue weighted by Crippen LogP contribution is 2.35. The first-order valence-electron chi connectivity index (χ1n) is 9.37. The molecule has 2 aromatic carbocycles. The lowest BCUT2D eigenvalue weighted by Crippen LogP contribution is -2.56. The number of hydrogen-bond donors (Lipinski definition) is 0. The number of methoxy groups -OCH3 is 1. The average molecular weight is 390 g/mol. The molecule has 2 amide bonds. The van der Waals surface area contributed by atoms with Gasteiger partial charge < -0.3 is 14.1 Å². The average Bonchev–Trinajstić information content (AvgIpc) is 3.26. The van der Waals surface area contributed by atoms with Gasteiger partial charge in [-0.15, -0.1) is 0 Å². The monoisotopic (exact) mass is 390 g/mol. The molecule has 1 saturated heterocycles. The molecule has 6 heteroatoms. The molecule has 1 aliphatic heterocycles. The van der Waals surface area contributed by atoms with E-state index in [0.29, 0.717) is 22.9 Å². The second-order valence-electron chi connectivity index (χ2n) is 7.07. The number of benzene rings is 2. The summed E-state index contributed by atoms with van der Waals surface area (Å²) in [6.45, 7) is 3.96. The third-order valence-electron chi connectivity index (χ3n) is 5.29. The summed E-state index contributed by atoms with van der Waals surface area (Å²) >= 11 is 0. The van der Waals surface area contributed by atoms with Crippen molar-refractivity contribution in [1.29, 1.82) is 0 Å². The van der Waals surface area contributed by atoms with Crippen LogP contribution in [0.1, 0.15) is 22.9 Å². The highest BCUT2D eigenvalue weighted by Gasteiger charge is 2.43. The van der Waals surface area contributed by atoms with Crippen LogP contribution in [0.3, 0.4) is 0 Å². The van der Waals surface area contributed by atoms with Crippen LogP contribution in [0.25, 0.3) is 0 Å². The van der Waals surface area contributed by atoms with E-state index in [9.17, 15) is 9.59 Å². The number of amides is 2. The maximum atomic E-state index is 13.5. The largest absolute Gasteiger partial charge is 0.497 e. The SMILES string of the molecule is COc1ccc(N2C(=O)CN(c3ccc(C)c(C)c3)C(=O)[C@@H]2c2ccco2)cc1. The second-order valence-corrected chi connectivity index (χ2v) is 7.07. The van der Waals surface area contributed by atoms with Crippen molar-refractivity contribution in [2.45, 2.75) is 19.9 Å². The van der Waals surface area contributed by atoms with Crippen LogP contribution in [0.5, 0.6) is 5.75 Å². The van der Waals surface area contributed by atoms with Gasteiger partial charge in [-0.1, -0.05) is 6.07 Å². The summed E-state index contributed by atoms with van der Waals surface area (Å²) in [5.74, 6) is 0.705. The molecule has 1 aliphatic rings. The van der Waals surface area contributed by atoms with Gasteiger partial charge in [-0.25, -0.2) is 0 Å². The first-order valence-corrected chi connectivity index (χ1v) is 9.37. The molecule has 0 saturated carbocycles. The molecule has 1 atom stereocenters. The van der Waals surface area contributed by atoms with Crippen molar-refractivity contribution in [3.8, 4) is 5.75 Å². The van der Waals surface area contributed by atoms with Crippen molar-refractivity contribution in [3.63, 3.8) is 0 Å². The van der Waals surface area contributed by atoms with Crippen molar-refractivity contribution in [3.05, 3.63) is 77.7 Å². The molecule has 0 radical (unpaired) electrons. The predicted molar refractivity (Wildman–Crippen MR) is 110 cm³/mol. The van der Waals surface area contributed by atoms with Crippen LogP contribution in [-0.2, 0) is 9.59 Å². The fourth-order valence-corrected chi connectivity index (χ4v) is 3.54. The highest BCUT2D eigenvalue weighted by atomic mass is 16.5.